The van der Waals surface area contributed by atoms with Gasteiger partial charge in [-0.15, -0.1) is 0 Å². The third-order valence-corrected chi connectivity index (χ3v) is 4.71. The average Bonchev–Trinajstić information content (AvgIpc) is 2.94. The molecule has 7 nitrogen and oxygen atoms in total. The molecule has 1 saturated carbocycles. The summed E-state index contributed by atoms with van der Waals surface area (Å²) in [5.74, 6) is -0.0493. The van der Waals surface area contributed by atoms with Gasteiger partial charge < -0.3 is 31.4 Å². The zero-order valence-corrected chi connectivity index (χ0v) is 13.9. The van der Waals surface area contributed by atoms with Crippen molar-refractivity contribution in [3.8, 4) is 0 Å². The van der Waals surface area contributed by atoms with E-state index in [1.807, 2.05) is 6.92 Å². The predicted octanol–water partition coefficient (Wildman–Crippen LogP) is -0.150. The molecule has 0 aromatic heterocycles. The molecule has 0 spiro atoms. The lowest BCUT2D eigenvalue weighted by atomic mass is 9.88. The number of hydrogen-bond donors (Lipinski definition) is 4. The van der Waals surface area contributed by atoms with Crippen LogP contribution in [0.3, 0.4) is 0 Å². The normalized spacial score (nSPS) is 35.9. The lowest BCUT2D eigenvalue weighted by molar-refractivity contribution is -0.175. The van der Waals surface area contributed by atoms with E-state index in [1.54, 1.807) is 0 Å². The summed E-state index contributed by atoms with van der Waals surface area (Å²) in [4.78, 5) is 12.1. The largest absolute Gasteiger partial charge is 0.394 e. The number of aliphatic hydroxyl groups is 1. The van der Waals surface area contributed by atoms with Gasteiger partial charge in [0.1, 0.15) is 0 Å². The first kappa shape index (κ1) is 18.6. The van der Waals surface area contributed by atoms with Crippen LogP contribution >= 0.6 is 0 Å². The Morgan fingerprint density at radius 2 is 2.17 bits per heavy atom. The highest BCUT2D eigenvalue weighted by Crippen LogP contribution is 2.27. The second-order valence-electron chi connectivity index (χ2n) is 6.86. The van der Waals surface area contributed by atoms with E-state index in [-0.39, 0.29) is 49.0 Å². The Labute approximate surface area is 138 Å². The standard InChI is InChI=1S/C16H31N3O4/c1-10(4-5-17)16(21)19-12-6-11(18)7-14(8-12)23-15-3-2-13(9-20)22-15/h10-15,20H,2-9,17-18H2,1H3,(H,19,21). The molecule has 1 heterocycles. The molecule has 2 aliphatic rings. The molecule has 6 atom stereocenters. The monoisotopic (exact) mass is 329 g/mol. The number of nitrogens with one attached hydrogen (secondary N) is 1. The lowest BCUT2D eigenvalue weighted by Crippen LogP contribution is -2.49. The maximum Gasteiger partial charge on any atom is 0.223 e. The van der Waals surface area contributed by atoms with Crippen molar-refractivity contribution in [3.05, 3.63) is 0 Å². The number of ether oxygens (including phenoxy) is 2. The molecule has 0 bridgehead atoms. The Kier molecular flexibility index (Phi) is 7.23. The number of carbonyl (C=O) groups is 1. The van der Waals surface area contributed by atoms with Gasteiger partial charge in [0.05, 0.1) is 18.8 Å². The molecule has 1 aliphatic carbocycles. The van der Waals surface area contributed by atoms with Gasteiger partial charge >= 0.3 is 0 Å². The summed E-state index contributed by atoms with van der Waals surface area (Å²) in [6.07, 6.45) is 4.18. The van der Waals surface area contributed by atoms with Crippen molar-refractivity contribution < 1.29 is 19.4 Å². The van der Waals surface area contributed by atoms with Crippen LogP contribution in [-0.2, 0) is 14.3 Å². The minimum atomic E-state index is -0.269. The second-order valence-corrected chi connectivity index (χ2v) is 6.86. The Morgan fingerprint density at radius 3 is 2.83 bits per heavy atom. The third kappa shape index (κ3) is 5.69. The Morgan fingerprint density at radius 1 is 1.39 bits per heavy atom. The smallest absolute Gasteiger partial charge is 0.223 e. The summed E-state index contributed by atoms with van der Waals surface area (Å²) in [6.45, 7) is 2.43. The number of carbonyl (C=O) groups excluding carboxylic acids is 1. The Balaban J connectivity index is 1.80. The first-order valence-electron chi connectivity index (χ1n) is 8.69. The molecule has 1 amide bonds. The number of amides is 1. The molecule has 0 radical (unpaired) electrons. The van der Waals surface area contributed by atoms with Crippen molar-refractivity contribution in [1.29, 1.82) is 0 Å². The number of nitrogens with two attached hydrogens (primary N) is 2. The third-order valence-electron chi connectivity index (χ3n) is 4.71. The summed E-state index contributed by atoms with van der Waals surface area (Å²) < 4.78 is 11.6. The number of aliphatic hydroxyl groups excluding tert-OH is 1. The van der Waals surface area contributed by atoms with Gasteiger partial charge in [-0.3, -0.25) is 4.79 Å². The van der Waals surface area contributed by atoms with Crippen LogP contribution in [0.15, 0.2) is 0 Å². The van der Waals surface area contributed by atoms with Gasteiger partial charge in [-0.2, -0.15) is 0 Å². The molecule has 2 fully saturated rings. The van der Waals surface area contributed by atoms with E-state index >= 15 is 0 Å². The molecule has 7 heteroatoms. The minimum Gasteiger partial charge on any atom is -0.394 e. The molecular weight excluding hydrogens is 298 g/mol. The van der Waals surface area contributed by atoms with Crippen LogP contribution < -0.4 is 16.8 Å². The maximum atomic E-state index is 12.1. The Bertz CT molecular complexity index is 382. The van der Waals surface area contributed by atoms with E-state index in [0.29, 0.717) is 13.0 Å². The molecule has 0 aromatic rings. The van der Waals surface area contributed by atoms with Gasteiger partial charge in [0.15, 0.2) is 6.29 Å². The van der Waals surface area contributed by atoms with Crippen LogP contribution in [0.4, 0.5) is 0 Å². The maximum absolute atomic E-state index is 12.1. The topological polar surface area (TPSA) is 120 Å². The van der Waals surface area contributed by atoms with Gasteiger partial charge in [-0.25, -0.2) is 0 Å². The summed E-state index contributed by atoms with van der Waals surface area (Å²) in [5, 5.41) is 12.2. The van der Waals surface area contributed by atoms with Crippen LogP contribution in [0.2, 0.25) is 0 Å². The molecule has 6 unspecified atom stereocenters. The first-order chi connectivity index (χ1) is 11.0. The van der Waals surface area contributed by atoms with Crippen LogP contribution in [0, 0.1) is 5.92 Å². The summed E-state index contributed by atoms with van der Waals surface area (Å²) >= 11 is 0. The van der Waals surface area contributed by atoms with Crippen LogP contribution in [0.25, 0.3) is 0 Å². The molecule has 1 saturated heterocycles. The molecule has 23 heavy (non-hydrogen) atoms. The number of rotatable bonds is 7. The highest BCUT2D eigenvalue weighted by atomic mass is 16.7. The average molecular weight is 329 g/mol. The van der Waals surface area contributed by atoms with E-state index in [9.17, 15) is 4.79 Å². The zero-order valence-electron chi connectivity index (χ0n) is 13.9. The summed E-state index contributed by atoms with van der Waals surface area (Å²) in [5.41, 5.74) is 11.6. The van der Waals surface area contributed by atoms with Gasteiger partial charge in [0.25, 0.3) is 0 Å². The second kappa shape index (κ2) is 8.94. The van der Waals surface area contributed by atoms with Crippen LogP contribution in [0.5, 0.6) is 0 Å². The van der Waals surface area contributed by atoms with Gasteiger partial charge in [-0.05, 0) is 38.6 Å². The zero-order chi connectivity index (χ0) is 16.8. The van der Waals surface area contributed by atoms with Crippen molar-refractivity contribution >= 4 is 5.91 Å². The van der Waals surface area contributed by atoms with Crippen LogP contribution in [-0.4, -0.2) is 54.7 Å². The molecule has 6 N–H and O–H groups in total. The van der Waals surface area contributed by atoms with E-state index in [4.69, 9.17) is 26.0 Å². The van der Waals surface area contributed by atoms with Crippen molar-refractivity contribution in [2.24, 2.45) is 17.4 Å². The van der Waals surface area contributed by atoms with Crippen molar-refractivity contribution in [3.63, 3.8) is 0 Å². The van der Waals surface area contributed by atoms with Crippen molar-refractivity contribution in [2.75, 3.05) is 13.2 Å². The van der Waals surface area contributed by atoms with Crippen LogP contribution in [0.1, 0.15) is 45.4 Å². The fourth-order valence-corrected chi connectivity index (χ4v) is 3.38. The van der Waals surface area contributed by atoms with Gasteiger partial charge in [0.2, 0.25) is 5.91 Å². The quantitative estimate of drug-likeness (QED) is 0.516. The Hall–Kier alpha value is -0.730. The highest BCUT2D eigenvalue weighted by Gasteiger charge is 2.33. The predicted molar refractivity (Wildman–Crippen MR) is 86.4 cm³/mol. The lowest BCUT2D eigenvalue weighted by Gasteiger charge is -2.35. The van der Waals surface area contributed by atoms with Crippen molar-refractivity contribution in [1.82, 2.24) is 5.32 Å². The van der Waals surface area contributed by atoms with Gasteiger partial charge in [0, 0.05) is 24.4 Å². The van der Waals surface area contributed by atoms with Gasteiger partial charge in [-0.1, -0.05) is 6.92 Å². The molecule has 0 aromatic carbocycles. The van der Waals surface area contributed by atoms with E-state index in [1.165, 1.54) is 0 Å². The summed E-state index contributed by atoms with van der Waals surface area (Å²) in [7, 11) is 0. The summed E-state index contributed by atoms with van der Waals surface area (Å²) in [6, 6.07) is 0.0467. The number of hydrogen-bond acceptors (Lipinski definition) is 6. The van der Waals surface area contributed by atoms with E-state index < -0.39 is 0 Å². The van der Waals surface area contributed by atoms with E-state index in [2.05, 4.69) is 5.32 Å². The van der Waals surface area contributed by atoms with E-state index in [0.717, 1.165) is 32.1 Å². The van der Waals surface area contributed by atoms with Crippen molar-refractivity contribution in [2.45, 2.75) is 76.0 Å². The molecular formula is C16H31N3O4. The SMILES string of the molecule is CC(CCN)C(=O)NC1CC(N)CC(OC2CCC(CO)O2)C1. The highest BCUT2D eigenvalue weighted by molar-refractivity contribution is 5.78. The minimum absolute atomic E-state index is 0.0129. The molecule has 1 aliphatic heterocycles. The first-order valence-corrected chi connectivity index (χ1v) is 8.69. The molecule has 134 valence electrons. The fourth-order valence-electron chi connectivity index (χ4n) is 3.38. The fraction of sp³-hybridized carbons (Fsp3) is 0.938. The molecule has 2 rings (SSSR count).